The van der Waals surface area contributed by atoms with Gasteiger partial charge < -0.3 is 23.9 Å². The predicted octanol–water partition coefficient (Wildman–Crippen LogP) is 2.34. The number of benzene rings is 1. The van der Waals surface area contributed by atoms with Crippen LogP contribution < -0.4 is 15.7 Å². The normalized spacial score (nSPS) is 17.5. The van der Waals surface area contributed by atoms with Crippen LogP contribution in [0.3, 0.4) is 0 Å². The summed E-state index contributed by atoms with van der Waals surface area (Å²) < 4.78 is 20.4. The number of aromatic nitrogens is 2. The number of nitrogens with one attached hydrogen (secondary N) is 1. The first-order valence-corrected chi connectivity index (χ1v) is 9.89. The standard InChI is InChI=1S/C21H27BN4O4/c1-20(2)21(3,4)30-22(29-20)14-10-13-16(11-15(14)25(6)7)28-19(17(13)18(27)23-5)26-9-8-24-12-26/h8-12H,1-7H3,(H,23,27). The maximum Gasteiger partial charge on any atom is 0.496 e. The summed E-state index contributed by atoms with van der Waals surface area (Å²) in [6.07, 6.45) is 4.99. The van der Waals surface area contributed by atoms with Crippen LogP contribution in [0.25, 0.3) is 16.9 Å². The molecule has 158 valence electrons. The summed E-state index contributed by atoms with van der Waals surface area (Å²) in [4.78, 5) is 18.8. The number of anilines is 1. The first-order chi connectivity index (χ1) is 14.1. The van der Waals surface area contributed by atoms with Crippen molar-refractivity contribution in [3.05, 3.63) is 36.4 Å². The van der Waals surface area contributed by atoms with Crippen molar-refractivity contribution in [1.29, 1.82) is 0 Å². The second-order valence-corrected chi connectivity index (χ2v) is 8.72. The lowest BCUT2D eigenvalue weighted by Gasteiger charge is -2.32. The second kappa shape index (κ2) is 6.89. The minimum absolute atomic E-state index is 0.241. The van der Waals surface area contributed by atoms with Crippen molar-refractivity contribution in [3.8, 4) is 5.88 Å². The van der Waals surface area contributed by atoms with Crippen molar-refractivity contribution in [3.63, 3.8) is 0 Å². The first kappa shape index (κ1) is 20.5. The predicted molar refractivity (Wildman–Crippen MR) is 117 cm³/mol. The Morgan fingerprint density at radius 3 is 2.37 bits per heavy atom. The van der Waals surface area contributed by atoms with Crippen LogP contribution >= 0.6 is 0 Å². The van der Waals surface area contributed by atoms with Gasteiger partial charge in [0.25, 0.3) is 5.91 Å². The van der Waals surface area contributed by atoms with Gasteiger partial charge in [0.15, 0.2) is 0 Å². The van der Waals surface area contributed by atoms with Gasteiger partial charge in [-0.1, -0.05) is 0 Å². The van der Waals surface area contributed by atoms with Crippen molar-refractivity contribution in [2.45, 2.75) is 38.9 Å². The quantitative estimate of drug-likeness (QED) is 0.665. The maximum atomic E-state index is 12.8. The Kier molecular flexibility index (Phi) is 4.70. The van der Waals surface area contributed by atoms with Gasteiger partial charge in [-0.15, -0.1) is 0 Å². The third kappa shape index (κ3) is 3.09. The fraction of sp³-hybridized carbons (Fsp3) is 0.429. The average molecular weight is 410 g/mol. The van der Waals surface area contributed by atoms with Crippen LogP contribution in [0.2, 0.25) is 0 Å². The summed E-state index contributed by atoms with van der Waals surface area (Å²) >= 11 is 0. The molecule has 0 atom stereocenters. The zero-order chi connectivity index (χ0) is 21.8. The molecule has 1 aliphatic heterocycles. The van der Waals surface area contributed by atoms with Gasteiger partial charge in [0.2, 0.25) is 5.88 Å². The summed E-state index contributed by atoms with van der Waals surface area (Å²) in [6.45, 7) is 8.08. The fourth-order valence-electron chi connectivity index (χ4n) is 3.59. The number of nitrogens with zero attached hydrogens (tertiary/aromatic N) is 3. The van der Waals surface area contributed by atoms with Gasteiger partial charge in [0, 0.05) is 56.1 Å². The van der Waals surface area contributed by atoms with Crippen LogP contribution in [0, 0.1) is 0 Å². The molecule has 9 heteroatoms. The third-order valence-electron chi connectivity index (χ3n) is 6.00. The Bertz CT molecular complexity index is 1090. The van der Waals surface area contributed by atoms with Gasteiger partial charge in [0.05, 0.1) is 11.2 Å². The van der Waals surface area contributed by atoms with Gasteiger partial charge in [-0.05, 0) is 33.8 Å². The van der Waals surface area contributed by atoms with Crippen LogP contribution in [0.15, 0.2) is 35.3 Å². The number of imidazole rings is 1. The van der Waals surface area contributed by atoms with E-state index in [2.05, 4.69) is 10.3 Å². The molecule has 0 saturated carbocycles. The highest BCUT2D eigenvalue weighted by Crippen LogP contribution is 2.38. The van der Waals surface area contributed by atoms with E-state index in [0.29, 0.717) is 22.4 Å². The van der Waals surface area contributed by atoms with E-state index in [1.54, 1.807) is 30.3 Å². The van der Waals surface area contributed by atoms with Crippen LogP contribution in [0.1, 0.15) is 38.1 Å². The van der Waals surface area contributed by atoms with Crippen molar-refractivity contribution in [1.82, 2.24) is 14.9 Å². The maximum absolute atomic E-state index is 12.8. The van der Waals surface area contributed by atoms with Gasteiger partial charge in [-0.3, -0.25) is 9.36 Å². The highest BCUT2D eigenvalue weighted by atomic mass is 16.7. The highest BCUT2D eigenvalue weighted by Gasteiger charge is 2.52. The molecule has 2 aromatic heterocycles. The van der Waals surface area contributed by atoms with Gasteiger partial charge >= 0.3 is 7.12 Å². The van der Waals surface area contributed by atoms with Crippen LogP contribution in [0.4, 0.5) is 5.69 Å². The van der Waals surface area contributed by atoms with Gasteiger partial charge in [-0.2, -0.15) is 0 Å². The molecule has 3 heterocycles. The van der Waals surface area contributed by atoms with Crippen molar-refractivity contribution >= 4 is 35.1 Å². The van der Waals surface area contributed by atoms with Crippen molar-refractivity contribution in [2.24, 2.45) is 0 Å². The number of carbonyl (C=O) groups excluding carboxylic acids is 1. The Hall–Kier alpha value is -2.78. The van der Waals surface area contributed by atoms with E-state index in [9.17, 15) is 4.79 Å². The van der Waals surface area contributed by atoms with E-state index in [4.69, 9.17) is 13.7 Å². The summed E-state index contributed by atoms with van der Waals surface area (Å²) in [5.41, 5.74) is 1.83. The largest absolute Gasteiger partial charge is 0.496 e. The number of hydrogen-bond donors (Lipinski definition) is 1. The zero-order valence-corrected chi connectivity index (χ0v) is 18.4. The summed E-state index contributed by atoms with van der Waals surface area (Å²) in [7, 11) is 4.94. The molecule has 3 aromatic rings. The molecule has 30 heavy (non-hydrogen) atoms. The average Bonchev–Trinajstić information content (AvgIpc) is 3.36. The molecular formula is C21H27BN4O4. The minimum Gasteiger partial charge on any atom is -0.439 e. The molecule has 1 saturated heterocycles. The molecule has 0 bridgehead atoms. The number of fused-ring (bicyclic) bond motifs is 1. The SMILES string of the molecule is CNC(=O)c1c(-n2ccnc2)oc2cc(N(C)C)c(B3OC(C)(C)C(C)(C)O3)cc12. The Balaban J connectivity index is 1.95. The molecule has 0 spiro atoms. The van der Waals surface area contributed by atoms with E-state index >= 15 is 0 Å². The lowest BCUT2D eigenvalue weighted by Crippen LogP contribution is -2.41. The molecule has 4 rings (SSSR count). The van der Waals surface area contributed by atoms with Crippen molar-refractivity contribution in [2.75, 3.05) is 26.0 Å². The number of rotatable bonds is 4. The number of hydrogen-bond acceptors (Lipinski definition) is 6. The Labute approximate surface area is 176 Å². The first-order valence-electron chi connectivity index (χ1n) is 9.89. The van der Waals surface area contributed by atoms with E-state index in [1.807, 2.05) is 58.8 Å². The van der Waals surface area contributed by atoms with Gasteiger partial charge in [0.1, 0.15) is 17.5 Å². The van der Waals surface area contributed by atoms with Crippen LogP contribution in [-0.2, 0) is 9.31 Å². The van der Waals surface area contributed by atoms with E-state index in [0.717, 1.165) is 11.2 Å². The molecule has 8 nitrogen and oxygen atoms in total. The molecule has 0 radical (unpaired) electrons. The summed E-state index contributed by atoms with van der Waals surface area (Å²) in [5, 5.41) is 3.40. The fourth-order valence-corrected chi connectivity index (χ4v) is 3.59. The molecule has 0 aliphatic carbocycles. The molecule has 1 aromatic carbocycles. The summed E-state index contributed by atoms with van der Waals surface area (Å²) in [5.74, 6) is 0.174. The van der Waals surface area contributed by atoms with Crippen molar-refractivity contribution < 1.29 is 18.5 Å². The Morgan fingerprint density at radius 2 is 1.83 bits per heavy atom. The van der Waals surface area contributed by atoms with E-state index in [-0.39, 0.29) is 5.91 Å². The van der Waals surface area contributed by atoms with E-state index in [1.165, 1.54) is 0 Å². The van der Waals surface area contributed by atoms with Crippen LogP contribution in [0.5, 0.6) is 0 Å². The zero-order valence-electron chi connectivity index (χ0n) is 18.4. The molecule has 1 N–H and O–H groups in total. The molecular weight excluding hydrogens is 383 g/mol. The summed E-state index contributed by atoms with van der Waals surface area (Å²) in [6, 6.07) is 3.85. The molecule has 1 amide bonds. The monoisotopic (exact) mass is 410 g/mol. The topological polar surface area (TPSA) is 81.8 Å². The lowest BCUT2D eigenvalue weighted by molar-refractivity contribution is 0.00578. The minimum atomic E-state index is -0.569. The second-order valence-electron chi connectivity index (χ2n) is 8.72. The molecule has 1 fully saturated rings. The highest BCUT2D eigenvalue weighted by molar-refractivity contribution is 6.64. The van der Waals surface area contributed by atoms with Crippen LogP contribution in [-0.4, -0.2) is 54.9 Å². The molecule has 0 unspecified atom stereocenters. The lowest BCUT2D eigenvalue weighted by atomic mass is 9.76. The number of furan rings is 1. The number of carbonyl (C=O) groups is 1. The van der Waals surface area contributed by atoms with Gasteiger partial charge in [-0.25, -0.2) is 4.98 Å². The third-order valence-corrected chi connectivity index (χ3v) is 6.00. The van der Waals surface area contributed by atoms with E-state index < -0.39 is 18.3 Å². The smallest absolute Gasteiger partial charge is 0.439 e. The Morgan fingerprint density at radius 1 is 1.17 bits per heavy atom. The number of amides is 1. The molecule has 1 aliphatic rings.